The number of aldehydes is 1. The highest BCUT2D eigenvalue weighted by Gasteiger charge is 2.27. The zero-order valence-electron chi connectivity index (χ0n) is 19.1. The van der Waals surface area contributed by atoms with Crippen LogP contribution < -0.4 is 0 Å². The molecule has 2 aliphatic rings. The van der Waals surface area contributed by atoms with Crippen LogP contribution in [0.1, 0.15) is 72.6 Å². The normalized spacial score (nSPS) is 22.5. The molecule has 0 aromatic heterocycles. The molecule has 1 aliphatic carbocycles. The fraction of sp³-hybridized carbons (Fsp3) is 0.538. The van der Waals surface area contributed by atoms with E-state index < -0.39 is 12.3 Å². The number of hydrogen-bond donors (Lipinski definition) is 0. The van der Waals surface area contributed by atoms with Crippen LogP contribution in [-0.2, 0) is 19.1 Å². The summed E-state index contributed by atoms with van der Waals surface area (Å²) in [6.45, 7) is 9.22. The fourth-order valence-corrected chi connectivity index (χ4v) is 4.32. The molecule has 0 bridgehead atoms. The summed E-state index contributed by atoms with van der Waals surface area (Å²) in [6, 6.07) is 0. The van der Waals surface area contributed by atoms with E-state index in [9.17, 15) is 9.59 Å². The third-order valence-electron chi connectivity index (χ3n) is 6.13. The van der Waals surface area contributed by atoms with Crippen LogP contribution in [0.3, 0.4) is 0 Å². The molecule has 1 atom stereocenters. The Morgan fingerprint density at radius 3 is 2.77 bits per heavy atom. The minimum Gasteiger partial charge on any atom is -0.428 e. The summed E-state index contributed by atoms with van der Waals surface area (Å²) in [5.41, 5.74) is 6.30. The van der Waals surface area contributed by atoms with Gasteiger partial charge in [0.1, 0.15) is 6.29 Å². The van der Waals surface area contributed by atoms with Crippen LogP contribution in [0.15, 0.2) is 58.2 Å². The molecule has 0 N–H and O–H groups in total. The smallest absolute Gasteiger partial charge is 0.333 e. The van der Waals surface area contributed by atoms with Crippen molar-refractivity contribution in [2.24, 2.45) is 5.41 Å². The molecule has 0 spiro atoms. The molecule has 164 valence electrons. The number of cyclic esters (lactones) is 1. The van der Waals surface area contributed by atoms with Gasteiger partial charge < -0.3 is 9.47 Å². The third kappa shape index (κ3) is 6.94. The van der Waals surface area contributed by atoms with Crippen molar-refractivity contribution in [1.29, 1.82) is 0 Å². The quantitative estimate of drug-likeness (QED) is 0.142. The monoisotopic (exact) mass is 412 g/mol. The summed E-state index contributed by atoms with van der Waals surface area (Å²) >= 11 is 0. The van der Waals surface area contributed by atoms with Crippen molar-refractivity contribution in [3.05, 3.63) is 58.2 Å². The summed E-state index contributed by atoms with van der Waals surface area (Å²) < 4.78 is 10.1. The van der Waals surface area contributed by atoms with Crippen molar-refractivity contribution >= 4 is 12.3 Å². The maximum absolute atomic E-state index is 11.4. The molecule has 0 amide bonds. The lowest BCUT2D eigenvalue weighted by molar-refractivity contribution is -0.154. The van der Waals surface area contributed by atoms with E-state index in [1.54, 1.807) is 29.4 Å². The second kappa shape index (κ2) is 11.3. The van der Waals surface area contributed by atoms with Gasteiger partial charge in [-0.3, -0.25) is 4.79 Å². The van der Waals surface area contributed by atoms with E-state index in [0.717, 1.165) is 31.1 Å². The standard InChI is InChI=1S/C26H36O4/c1-19(14-15-23-20(2)10-8-16-26(23,3)4)9-6-11-21(18-27)12-7-13-22-17-24(28)30-25(22)29-5/h7,9,12-13,17-18,25H,6,8,10-11,14-16H2,1-5H3/b13-7+,19-9+,21-12+. The number of carbonyl (C=O) groups is 2. The van der Waals surface area contributed by atoms with Crippen LogP contribution in [0.25, 0.3) is 0 Å². The minimum atomic E-state index is -0.666. The van der Waals surface area contributed by atoms with E-state index in [2.05, 4.69) is 33.8 Å². The molecule has 0 aromatic carbocycles. The van der Waals surface area contributed by atoms with E-state index in [1.165, 1.54) is 38.0 Å². The van der Waals surface area contributed by atoms with Gasteiger partial charge in [-0.05, 0) is 69.8 Å². The number of hydrogen-bond acceptors (Lipinski definition) is 4. The van der Waals surface area contributed by atoms with Crippen LogP contribution in [0.5, 0.6) is 0 Å². The van der Waals surface area contributed by atoms with Crippen molar-refractivity contribution in [2.75, 3.05) is 7.11 Å². The van der Waals surface area contributed by atoms with E-state index in [0.29, 0.717) is 17.4 Å². The Kier molecular flexibility index (Phi) is 9.04. The van der Waals surface area contributed by atoms with Crippen molar-refractivity contribution in [3.8, 4) is 0 Å². The number of carbonyl (C=O) groups excluding carboxylic acids is 2. The Hall–Kier alpha value is -2.20. The van der Waals surface area contributed by atoms with Gasteiger partial charge in [0.05, 0.1) is 0 Å². The second-order valence-corrected chi connectivity index (χ2v) is 8.95. The van der Waals surface area contributed by atoms with Gasteiger partial charge >= 0.3 is 5.97 Å². The van der Waals surface area contributed by atoms with Gasteiger partial charge in [-0.1, -0.05) is 54.9 Å². The first-order valence-corrected chi connectivity index (χ1v) is 10.9. The van der Waals surface area contributed by atoms with Gasteiger partial charge in [0.25, 0.3) is 0 Å². The largest absolute Gasteiger partial charge is 0.428 e. The first kappa shape index (κ1) is 24.1. The molecule has 0 fully saturated rings. The summed E-state index contributed by atoms with van der Waals surface area (Å²) in [4.78, 5) is 22.7. The van der Waals surface area contributed by atoms with E-state index in [1.807, 2.05) is 0 Å². The van der Waals surface area contributed by atoms with E-state index in [4.69, 9.17) is 9.47 Å². The van der Waals surface area contributed by atoms with Crippen LogP contribution in [0.2, 0.25) is 0 Å². The fourth-order valence-electron chi connectivity index (χ4n) is 4.32. The van der Waals surface area contributed by atoms with Gasteiger partial charge in [0, 0.05) is 18.8 Å². The van der Waals surface area contributed by atoms with Crippen molar-refractivity contribution in [1.82, 2.24) is 0 Å². The lowest BCUT2D eigenvalue weighted by Crippen LogP contribution is -2.20. The molecule has 0 saturated heterocycles. The predicted molar refractivity (Wildman–Crippen MR) is 121 cm³/mol. The summed E-state index contributed by atoms with van der Waals surface area (Å²) in [5.74, 6) is -0.413. The summed E-state index contributed by atoms with van der Waals surface area (Å²) in [7, 11) is 1.49. The molecule has 1 heterocycles. The highest BCUT2D eigenvalue weighted by Crippen LogP contribution is 2.42. The molecule has 0 saturated carbocycles. The molecule has 1 unspecified atom stereocenters. The molecule has 1 aliphatic heterocycles. The average Bonchev–Trinajstić information content (AvgIpc) is 3.05. The average molecular weight is 413 g/mol. The highest BCUT2D eigenvalue weighted by atomic mass is 16.7. The number of rotatable bonds is 10. The number of allylic oxidation sites excluding steroid dienone is 7. The molecular formula is C26H36O4. The molecule has 4 nitrogen and oxygen atoms in total. The van der Waals surface area contributed by atoms with Gasteiger partial charge in [-0.15, -0.1) is 0 Å². The van der Waals surface area contributed by atoms with Crippen molar-refractivity contribution in [3.63, 3.8) is 0 Å². The molecule has 0 aromatic rings. The zero-order valence-corrected chi connectivity index (χ0v) is 19.1. The van der Waals surface area contributed by atoms with Gasteiger partial charge in [0.2, 0.25) is 6.29 Å². The third-order valence-corrected chi connectivity index (χ3v) is 6.13. The van der Waals surface area contributed by atoms with Crippen molar-refractivity contribution < 1.29 is 19.1 Å². The van der Waals surface area contributed by atoms with Gasteiger partial charge in [-0.2, -0.15) is 0 Å². The predicted octanol–water partition coefficient (Wildman–Crippen LogP) is 6.16. The maximum Gasteiger partial charge on any atom is 0.333 e. The number of esters is 1. The number of ether oxygens (including phenoxy) is 2. The Morgan fingerprint density at radius 1 is 1.33 bits per heavy atom. The number of methoxy groups -OCH3 is 1. The van der Waals surface area contributed by atoms with Gasteiger partial charge in [0.15, 0.2) is 0 Å². The minimum absolute atomic E-state index is 0.328. The SMILES string of the molecule is COC1OC(=O)C=C1/C=C/C=C(/C=O)CC/C=C(\C)CCC1=C(C)CCCC1(C)C. The Bertz CT molecular complexity index is 790. The van der Waals surface area contributed by atoms with Crippen LogP contribution in [0.4, 0.5) is 0 Å². The lowest BCUT2D eigenvalue weighted by Gasteiger charge is -2.35. The second-order valence-electron chi connectivity index (χ2n) is 8.95. The molecular weight excluding hydrogens is 376 g/mol. The van der Waals surface area contributed by atoms with E-state index >= 15 is 0 Å². The van der Waals surface area contributed by atoms with Crippen LogP contribution >= 0.6 is 0 Å². The highest BCUT2D eigenvalue weighted by molar-refractivity contribution is 5.86. The summed E-state index contributed by atoms with van der Waals surface area (Å²) in [6.07, 6.45) is 16.7. The first-order valence-electron chi connectivity index (χ1n) is 10.9. The molecule has 0 radical (unpaired) electrons. The van der Waals surface area contributed by atoms with Crippen LogP contribution in [-0.4, -0.2) is 25.7 Å². The first-order chi connectivity index (χ1) is 14.3. The molecule has 4 heteroatoms. The lowest BCUT2D eigenvalue weighted by atomic mass is 9.71. The Labute approximate surface area is 181 Å². The molecule has 30 heavy (non-hydrogen) atoms. The zero-order chi connectivity index (χ0) is 22.1. The maximum atomic E-state index is 11.4. The van der Waals surface area contributed by atoms with Crippen molar-refractivity contribution in [2.45, 2.75) is 78.9 Å². The Morgan fingerprint density at radius 2 is 2.10 bits per heavy atom. The topological polar surface area (TPSA) is 52.6 Å². The summed E-state index contributed by atoms with van der Waals surface area (Å²) in [5, 5.41) is 0. The van der Waals surface area contributed by atoms with Crippen LogP contribution in [0, 0.1) is 5.41 Å². The van der Waals surface area contributed by atoms with E-state index in [-0.39, 0.29) is 0 Å². The van der Waals surface area contributed by atoms with Gasteiger partial charge in [-0.25, -0.2) is 4.79 Å². The Balaban J connectivity index is 1.85. The molecule has 2 rings (SSSR count).